The summed E-state index contributed by atoms with van der Waals surface area (Å²) in [7, 11) is 0. The maximum absolute atomic E-state index is 5.61. The Kier molecular flexibility index (Phi) is 5.14. The van der Waals surface area contributed by atoms with Crippen molar-refractivity contribution in [2.45, 2.75) is 13.3 Å². The molecule has 0 aliphatic rings. The summed E-state index contributed by atoms with van der Waals surface area (Å²) < 4.78 is 5.61. The van der Waals surface area contributed by atoms with Crippen LogP contribution in [0.15, 0.2) is 36.4 Å². The SMILES string of the molecule is Cc1nc(NN)cc(NCCCOc2ccccc2)n1. The van der Waals surface area contributed by atoms with Gasteiger partial charge in [0.1, 0.15) is 23.2 Å². The van der Waals surface area contributed by atoms with E-state index in [1.54, 1.807) is 6.07 Å². The molecule has 0 saturated heterocycles. The third kappa shape index (κ3) is 4.40. The number of nitrogen functional groups attached to an aromatic ring is 1. The lowest BCUT2D eigenvalue weighted by atomic mass is 10.3. The second-order valence-electron chi connectivity index (χ2n) is 4.27. The van der Waals surface area contributed by atoms with Crippen LogP contribution in [0.4, 0.5) is 11.6 Å². The van der Waals surface area contributed by atoms with Crippen LogP contribution >= 0.6 is 0 Å². The summed E-state index contributed by atoms with van der Waals surface area (Å²) in [4.78, 5) is 8.40. The number of nitrogens with two attached hydrogens (primary N) is 1. The van der Waals surface area contributed by atoms with Crippen LogP contribution in [0, 0.1) is 6.92 Å². The van der Waals surface area contributed by atoms with Crippen LogP contribution < -0.4 is 21.3 Å². The van der Waals surface area contributed by atoms with Gasteiger partial charge in [-0.25, -0.2) is 15.8 Å². The summed E-state index contributed by atoms with van der Waals surface area (Å²) in [6, 6.07) is 11.5. The van der Waals surface area contributed by atoms with Crippen molar-refractivity contribution in [3.8, 4) is 5.75 Å². The third-order valence-electron chi connectivity index (χ3n) is 2.62. The van der Waals surface area contributed by atoms with E-state index in [0.717, 1.165) is 24.5 Å². The summed E-state index contributed by atoms with van der Waals surface area (Å²) in [5, 5.41) is 3.22. The topological polar surface area (TPSA) is 85.1 Å². The van der Waals surface area contributed by atoms with Gasteiger partial charge in [0.2, 0.25) is 0 Å². The second-order valence-corrected chi connectivity index (χ2v) is 4.27. The first-order valence-electron chi connectivity index (χ1n) is 6.52. The molecule has 0 fully saturated rings. The number of para-hydroxylation sites is 1. The highest BCUT2D eigenvalue weighted by Gasteiger charge is 2.00. The van der Waals surface area contributed by atoms with Crippen molar-refractivity contribution in [1.82, 2.24) is 9.97 Å². The van der Waals surface area contributed by atoms with Crippen LogP contribution in [0.2, 0.25) is 0 Å². The third-order valence-corrected chi connectivity index (χ3v) is 2.62. The molecule has 6 nitrogen and oxygen atoms in total. The molecular formula is C14H19N5O. The molecule has 0 saturated carbocycles. The summed E-state index contributed by atoms with van der Waals surface area (Å²) in [6.45, 7) is 3.25. The fourth-order valence-corrected chi connectivity index (χ4v) is 1.73. The highest BCUT2D eigenvalue weighted by molar-refractivity contribution is 5.46. The minimum atomic E-state index is 0.598. The van der Waals surface area contributed by atoms with Crippen molar-refractivity contribution >= 4 is 11.6 Å². The first kappa shape index (κ1) is 14.1. The smallest absolute Gasteiger partial charge is 0.145 e. The van der Waals surface area contributed by atoms with E-state index < -0.39 is 0 Å². The summed E-state index contributed by atoms with van der Waals surface area (Å²) >= 11 is 0. The second kappa shape index (κ2) is 7.30. The van der Waals surface area contributed by atoms with Gasteiger partial charge in [0, 0.05) is 12.6 Å². The highest BCUT2D eigenvalue weighted by Crippen LogP contribution is 2.10. The number of nitrogens with one attached hydrogen (secondary N) is 2. The average molecular weight is 273 g/mol. The van der Waals surface area contributed by atoms with Gasteiger partial charge in [0.25, 0.3) is 0 Å². The Hall–Kier alpha value is -2.34. The minimum absolute atomic E-state index is 0.598. The van der Waals surface area contributed by atoms with Crippen LogP contribution in [0.1, 0.15) is 12.2 Å². The zero-order valence-corrected chi connectivity index (χ0v) is 11.5. The quantitative estimate of drug-likeness (QED) is 0.406. The number of nitrogens with zero attached hydrogens (tertiary/aromatic N) is 2. The number of hydrazine groups is 1. The van der Waals surface area contributed by atoms with E-state index in [2.05, 4.69) is 20.7 Å². The number of hydrogen-bond acceptors (Lipinski definition) is 6. The van der Waals surface area contributed by atoms with Gasteiger partial charge in [-0.05, 0) is 25.5 Å². The van der Waals surface area contributed by atoms with Gasteiger partial charge in [-0.2, -0.15) is 0 Å². The Morgan fingerprint density at radius 1 is 1.15 bits per heavy atom. The Morgan fingerprint density at radius 2 is 1.90 bits per heavy atom. The van der Waals surface area contributed by atoms with Gasteiger partial charge in [-0.1, -0.05) is 18.2 Å². The molecule has 20 heavy (non-hydrogen) atoms. The lowest BCUT2D eigenvalue weighted by Crippen LogP contribution is -2.12. The van der Waals surface area contributed by atoms with Crippen LogP contribution in [0.5, 0.6) is 5.75 Å². The average Bonchev–Trinajstić information content (AvgIpc) is 2.47. The normalized spacial score (nSPS) is 10.1. The number of anilines is 2. The molecule has 0 aliphatic carbocycles. The van der Waals surface area contributed by atoms with Crippen LogP contribution in [0.3, 0.4) is 0 Å². The number of benzene rings is 1. The number of aryl methyl sites for hydroxylation is 1. The standard InChI is InChI=1S/C14H19N5O/c1-11-17-13(10-14(18-11)19-15)16-8-5-9-20-12-6-3-2-4-7-12/h2-4,6-7,10H,5,8-9,15H2,1H3,(H2,16,17,18,19). The maximum atomic E-state index is 5.61. The van der Waals surface area contributed by atoms with E-state index in [1.165, 1.54) is 0 Å². The van der Waals surface area contributed by atoms with E-state index in [-0.39, 0.29) is 0 Å². The molecule has 0 aliphatic heterocycles. The van der Waals surface area contributed by atoms with E-state index >= 15 is 0 Å². The Bertz CT molecular complexity index is 532. The minimum Gasteiger partial charge on any atom is -0.494 e. The molecule has 1 aromatic carbocycles. The molecule has 0 bridgehead atoms. The molecule has 2 aromatic rings. The fourth-order valence-electron chi connectivity index (χ4n) is 1.73. The molecule has 0 spiro atoms. The summed E-state index contributed by atoms with van der Waals surface area (Å²) in [6.07, 6.45) is 0.878. The molecule has 4 N–H and O–H groups in total. The van der Waals surface area contributed by atoms with E-state index in [9.17, 15) is 0 Å². The molecule has 6 heteroatoms. The zero-order chi connectivity index (χ0) is 14.2. The molecule has 0 atom stereocenters. The lowest BCUT2D eigenvalue weighted by molar-refractivity contribution is 0.315. The Morgan fingerprint density at radius 3 is 2.65 bits per heavy atom. The largest absolute Gasteiger partial charge is 0.494 e. The molecule has 1 heterocycles. The number of hydrogen-bond donors (Lipinski definition) is 3. The molecule has 0 amide bonds. The van der Waals surface area contributed by atoms with Crippen molar-refractivity contribution in [3.63, 3.8) is 0 Å². The Labute approximate surface area is 118 Å². The highest BCUT2D eigenvalue weighted by atomic mass is 16.5. The number of ether oxygens (including phenoxy) is 1. The number of rotatable bonds is 7. The van der Waals surface area contributed by atoms with Gasteiger partial charge in [-0.15, -0.1) is 0 Å². The fraction of sp³-hybridized carbons (Fsp3) is 0.286. The predicted molar refractivity (Wildman–Crippen MR) is 79.6 cm³/mol. The van der Waals surface area contributed by atoms with Crippen LogP contribution in [0.25, 0.3) is 0 Å². The van der Waals surface area contributed by atoms with Gasteiger partial charge >= 0.3 is 0 Å². The summed E-state index contributed by atoms with van der Waals surface area (Å²) in [5.74, 6) is 8.25. The molecule has 1 aromatic heterocycles. The first-order chi connectivity index (χ1) is 9.78. The lowest BCUT2D eigenvalue weighted by Gasteiger charge is -2.09. The van der Waals surface area contributed by atoms with Crippen LogP contribution in [-0.4, -0.2) is 23.1 Å². The molecular weight excluding hydrogens is 254 g/mol. The van der Waals surface area contributed by atoms with Crippen molar-refractivity contribution in [3.05, 3.63) is 42.2 Å². The van der Waals surface area contributed by atoms with E-state index in [1.807, 2.05) is 37.3 Å². The first-order valence-corrected chi connectivity index (χ1v) is 6.52. The Balaban J connectivity index is 1.72. The monoisotopic (exact) mass is 273 g/mol. The molecule has 2 rings (SSSR count). The van der Waals surface area contributed by atoms with Crippen LogP contribution in [-0.2, 0) is 0 Å². The zero-order valence-electron chi connectivity index (χ0n) is 11.5. The molecule has 0 radical (unpaired) electrons. The summed E-state index contributed by atoms with van der Waals surface area (Å²) in [5.41, 5.74) is 2.52. The van der Waals surface area contributed by atoms with Gasteiger partial charge in [0.15, 0.2) is 0 Å². The van der Waals surface area contributed by atoms with Crippen molar-refractivity contribution in [2.75, 3.05) is 23.9 Å². The maximum Gasteiger partial charge on any atom is 0.145 e. The molecule has 106 valence electrons. The van der Waals surface area contributed by atoms with Gasteiger partial charge in [0.05, 0.1) is 6.61 Å². The number of aromatic nitrogens is 2. The van der Waals surface area contributed by atoms with Crippen molar-refractivity contribution in [1.29, 1.82) is 0 Å². The van der Waals surface area contributed by atoms with E-state index in [4.69, 9.17) is 10.6 Å². The van der Waals surface area contributed by atoms with Gasteiger partial charge in [-0.3, -0.25) is 0 Å². The predicted octanol–water partition coefficient (Wildman–Crippen LogP) is 1.95. The van der Waals surface area contributed by atoms with Crippen molar-refractivity contribution in [2.24, 2.45) is 5.84 Å². The molecule has 0 unspecified atom stereocenters. The van der Waals surface area contributed by atoms with Crippen molar-refractivity contribution < 1.29 is 4.74 Å². The van der Waals surface area contributed by atoms with E-state index in [0.29, 0.717) is 18.2 Å². The van der Waals surface area contributed by atoms with Gasteiger partial charge < -0.3 is 15.5 Å².